The Hall–Kier alpha value is -3.23. The van der Waals surface area contributed by atoms with Gasteiger partial charge < -0.3 is 9.47 Å². The number of imidazole rings is 1. The molecular formula is C16H9F6N5O3S. The molecule has 3 heterocycles. The number of hydrogen-bond donors (Lipinski definition) is 0. The molecule has 2 aromatic heterocycles. The number of non-ortho nitro benzene ring substituents is 1. The number of rotatable bonds is 2. The fourth-order valence-electron chi connectivity index (χ4n) is 3.13. The van der Waals surface area contributed by atoms with Gasteiger partial charge in [0.1, 0.15) is 10.5 Å². The van der Waals surface area contributed by atoms with Crippen LogP contribution >= 0.6 is 11.3 Å². The normalized spacial score (nSPS) is 14.7. The number of nitrogens with zero attached hydrogens (tertiary/aromatic N) is 5. The minimum absolute atomic E-state index is 0.0436. The minimum atomic E-state index is -4.91. The summed E-state index contributed by atoms with van der Waals surface area (Å²) in [6, 6.07) is 0.830. The Labute approximate surface area is 171 Å². The highest BCUT2D eigenvalue weighted by atomic mass is 32.1. The van der Waals surface area contributed by atoms with Gasteiger partial charge in [-0.05, 0) is 6.07 Å². The topological polar surface area (TPSA) is 94.2 Å². The van der Waals surface area contributed by atoms with Crippen LogP contribution in [0.4, 0.5) is 37.2 Å². The van der Waals surface area contributed by atoms with Gasteiger partial charge in [-0.3, -0.25) is 14.9 Å². The fraction of sp³-hybridized carbons (Fsp3) is 0.312. The molecule has 164 valence electrons. The third-order valence-corrected chi connectivity index (χ3v) is 5.74. The SMILES string of the molecule is O=c1nc(N2CCn3cc(C(F)(F)F)nc3C2)sc2c([N+](=O)[O-])cc(C(F)(F)F)cc12. The van der Waals surface area contributed by atoms with Crippen molar-refractivity contribution in [3.63, 3.8) is 0 Å². The van der Waals surface area contributed by atoms with Gasteiger partial charge >= 0.3 is 12.4 Å². The lowest BCUT2D eigenvalue weighted by atomic mass is 10.1. The molecule has 0 spiro atoms. The molecule has 0 radical (unpaired) electrons. The predicted molar refractivity (Wildman–Crippen MR) is 95.8 cm³/mol. The number of alkyl halides is 6. The monoisotopic (exact) mass is 465 g/mol. The van der Waals surface area contributed by atoms with Gasteiger partial charge in [0, 0.05) is 25.4 Å². The van der Waals surface area contributed by atoms with Crippen molar-refractivity contribution in [3.8, 4) is 0 Å². The Morgan fingerprint density at radius 2 is 1.77 bits per heavy atom. The standard InChI is InChI=1S/C16H9F6N5O3S/c17-15(18,19)7-3-8-12(9(4-7)27(29)30)31-14(24-13(8)28)26-2-1-25-5-10(16(20,21)22)23-11(25)6-26/h3-5H,1-2,6H2. The van der Waals surface area contributed by atoms with Gasteiger partial charge in [-0.2, -0.15) is 31.3 Å². The number of benzene rings is 1. The first-order valence-electron chi connectivity index (χ1n) is 8.43. The first-order chi connectivity index (χ1) is 14.3. The van der Waals surface area contributed by atoms with Crippen LogP contribution in [0, 0.1) is 10.1 Å². The van der Waals surface area contributed by atoms with Crippen molar-refractivity contribution in [2.24, 2.45) is 0 Å². The molecule has 0 aliphatic carbocycles. The molecule has 0 fully saturated rings. The molecular weight excluding hydrogens is 456 g/mol. The van der Waals surface area contributed by atoms with E-state index in [0.29, 0.717) is 23.5 Å². The van der Waals surface area contributed by atoms with Gasteiger partial charge in [-0.25, -0.2) is 4.98 Å². The first kappa shape index (κ1) is 21.0. The maximum absolute atomic E-state index is 13.0. The molecule has 31 heavy (non-hydrogen) atoms. The van der Waals surface area contributed by atoms with Crippen LogP contribution in [0.2, 0.25) is 0 Å². The predicted octanol–water partition coefficient (Wildman–Crippen LogP) is 3.82. The Kier molecular flexibility index (Phi) is 4.68. The summed E-state index contributed by atoms with van der Waals surface area (Å²) >= 11 is 0.615. The third kappa shape index (κ3) is 3.80. The van der Waals surface area contributed by atoms with Crippen molar-refractivity contribution >= 4 is 32.2 Å². The van der Waals surface area contributed by atoms with Gasteiger partial charge in [0.2, 0.25) is 0 Å². The molecule has 0 atom stereocenters. The van der Waals surface area contributed by atoms with E-state index in [1.165, 1.54) is 9.47 Å². The van der Waals surface area contributed by atoms with Gasteiger partial charge in [-0.1, -0.05) is 11.3 Å². The van der Waals surface area contributed by atoms with Crippen LogP contribution < -0.4 is 10.5 Å². The van der Waals surface area contributed by atoms with Gasteiger partial charge in [0.15, 0.2) is 10.8 Å². The number of hydrogen-bond acceptors (Lipinski definition) is 7. The molecule has 1 aliphatic rings. The van der Waals surface area contributed by atoms with Gasteiger partial charge in [0.25, 0.3) is 11.2 Å². The molecule has 0 saturated heterocycles. The maximum atomic E-state index is 13.0. The second kappa shape index (κ2) is 6.90. The van der Waals surface area contributed by atoms with Crippen LogP contribution in [0.3, 0.4) is 0 Å². The largest absolute Gasteiger partial charge is 0.434 e. The molecule has 4 rings (SSSR count). The fourth-order valence-corrected chi connectivity index (χ4v) is 4.22. The van der Waals surface area contributed by atoms with Crippen LogP contribution in [0.1, 0.15) is 17.1 Å². The Bertz CT molecular complexity index is 1270. The summed E-state index contributed by atoms with van der Waals surface area (Å²) in [4.78, 5) is 31.3. The van der Waals surface area contributed by atoms with Crippen LogP contribution in [0.25, 0.3) is 10.1 Å². The van der Waals surface area contributed by atoms with E-state index in [1.54, 1.807) is 0 Å². The summed E-state index contributed by atoms with van der Waals surface area (Å²) in [7, 11) is 0. The van der Waals surface area contributed by atoms with Gasteiger partial charge in [0.05, 0.1) is 22.4 Å². The Morgan fingerprint density at radius 3 is 2.39 bits per heavy atom. The number of aromatic nitrogens is 3. The number of halogens is 6. The maximum Gasteiger partial charge on any atom is 0.434 e. The van der Waals surface area contributed by atoms with Crippen molar-refractivity contribution in [3.05, 3.63) is 55.9 Å². The molecule has 0 amide bonds. The van der Waals surface area contributed by atoms with Crippen molar-refractivity contribution in [2.45, 2.75) is 25.4 Å². The lowest BCUT2D eigenvalue weighted by Crippen LogP contribution is -2.34. The summed E-state index contributed by atoms with van der Waals surface area (Å²) in [5.74, 6) is 0.0436. The van der Waals surface area contributed by atoms with E-state index in [-0.39, 0.29) is 35.3 Å². The van der Waals surface area contributed by atoms with E-state index in [1.807, 2.05) is 0 Å². The molecule has 3 aromatic rings. The van der Waals surface area contributed by atoms with Gasteiger partial charge in [-0.15, -0.1) is 0 Å². The van der Waals surface area contributed by atoms with Crippen molar-refractivity contribution in [2.75, 3.05) is 11.4 Å². The molecule has 0 bridgehead atoms. The number of fused-ring (bicyclic) bond motifs is 2. The summed E-state index contributed by atoms with van der Waals surface area (Å²) < 4.78 is 78.8. The summed E-state index contributed by atoms with van der Waals surface area (Å²) in [5, 5.41) is 10.7. The lowest BCUT2D eigenvalue weighted by molar-refractivity contribution is -0.383. The quantitative estimate of drug-likeness (QED) is 0.325. The Morgan fingerprint density at radius 1 is 1.06 bits per heavy atom. The zero-order valence-electron chi connectivity index (χ0n) is 15.0. The second-order valence-corrected chi connectivity index (χ2v) is 7.56. The van der Waals surface area contributed by atoms with E-state index in [0.717, 1.165) is 6.20 Å². The smallest absolute Gasteiger partial charge is 0.339 e. The van der Waals surface area contributed by atoms with E-state index >= 15 is 0 Å². The third-order valence-electron chi connectivity index (χ3n) is 4.58. The molecule has 15 heteroatoms. The van der Waals surface area contributed by atoms with Crippen molar-refractivity contribution in [1.82, 2.24) is 14.5 Å². The average molecular weight is 465 g/mol. The summed E-state index contributed by atoms with van der Waals surface area (Å²) in [5.41, 5.74) is -4.46. The first-order valence-corrected chi connectivity index (χ1v) is 9.25. The zero-order chi connectivity index (χ0) is 22.7. The number of anilines is 1. The minimum Gasteiger partial charge on any atom is -0.339 e. The molecule has 0 unspecified atom stereocenters. The van der Waals surface area contributed by atoms with Crippen molar-refractivity contribution < 1.29 is 31.3 Å². The highest BCUT2D eigenvalue weighted by Gasteiger charge is 2.37. The molecule has 0 saturated carbocycles. The molecule has 8 nitrogen and oxygen atoms in total. The van der Waals surface area contributed by atoms with E-state index < -0.39 is 45.2 Å². The molecule has 1 aromatic carbocycles. The highest BCUT2D eigenvalue weighted by molar-refractivity contribution is 7.22. The summed E-state index contributed by atoms with van der Waals surface area (Å²) in [6.45, 7) is 0.0244. The van der Waals surface area contributed by atoms with E-state index in [2.05, 4.69) is 9.97 Å². The average Bonchev–Trinajstić information content (AvgIpc) is 3.10. The van der Waals surface area contributed by atoms with Crippen LogP contribution in [0.15, 0.2) is 23.1 Å². The van der Waals surface area contributed by atoms with Crippen LogP contribution in [-0.4, -0.2) is 26.0 Å². The van der Waals surface area contributed by atoms with Crippen molar-refractivity contribution in [1.29, 1.82) is 0 Å². The lowest BCUT2D eigenvalue weighted by Gasteiger charge is -2.27. The summed E-state index contributed by atoms with van der Waals surface area (Å²) in [6.07, 6.45) is -8.70. The zero-order valence-corrected chi connectivity index (χ0v) is 15.8. The Balaban J connectivity index is 1.79. The molecule has 1 aliphatic heterocycles. The highest BCUT2D eigenvalue weighted by Crippen LogP contribution is 2.39. The second-order valence-electron chi connectivity index (χ2n) is 6.58. The number of nitro benzene ring substituents is 1. The van der Waals surface area contributed by atoms with Crippen LogP contribution in [0.5, 0.6) is 0 Å². The van der Waals surface area contributed by atoms with E-state index in [9.17, 15) is 41.3 Å². The van der Waals surface area contributed by atoms with E-state index in [4.69, 9.17) is 0 Å². The number of nitro groups is 1. The molecule has 0 N–H and O–H groups in total. The van der Waals surface area contributed by atoms with Crippen LogP contribution in [-0.2, 0) is 25.4 Å².